The zero-order valence-electron chi connectivity index (χ0n) is 26.6. The molecule has 16 heteroatoms. The van der Waals surface area contributed by atoms with Crippen LogP contribution in [0.5, 0.6) is 0 Å². The van der Waals surface area contributed by atoms with E-state index in [4.69, 9.17) is 26.6 Å². The normalized spacial score (nSPS) is 11.8. The molecule has 1 aromatic carbocycles. The van der Waals surface area contributed by atoms with Gasteiger partial charge >= 0.3 is 29.5 Å². The first-order valence-electron chi connectivity index (χ1n) is 15.0. The highest BCUT2D eigenvalue weighted by atomic mass is 28.4. The van der Waals surface area contributed by atoms with Gasteiger partial charge in [-0.3, -0.25) is 9.59 Å². The summed E-state index contributed by atoms with van der Waals surface area (Å²) < 4.78 is 34.9. The largest absolute Gasteiger partial charge is 0.500 e. The molecule has 0 saturated heterocycles. The quantitative estimate of drug-likeness (QED) is 0.0936. The standard InChI is InChI=1S/C28H48N2O12Si2/c1-7-37-43(38-8-2,39-9-3)17-13-15-29-25(31)21-19-22(24(28(35)36)20-23(21)27(33)34)26(32)30-16-14-18-44(40-10-4,41-11-5)42-12-6/h19-20H,7-18H2,1-6H3,(H,29,31)(H,30,32)(H,33,34)(H,35,36). The van der Waals surface area contributed by atoms with Crippen molar-refractivity contribution in [3.63, 3.8) is 0 Å². The van der Waals surface area contributed by atoms with Crippen LogP contribution in [0, 0.1) is 0 Å². The summed E-state index contributed by atoms with van der Waals surface area (Å²) in [7, 11) is -5.89. The minimum absolute atomic E-state index is 0.132. The fourth-order valence-corrected chi connectivity index (χ4v) is 9.76. The number of hydrogen-bond acceptors (Lipinski definition) is 10. The minimum atomic E-state index is -2.95. The number of carboxylic acids is 2. The van der Waals surface area contributed by atoms with Crippen LogP contribution < -0.4 is 10.6 Å². The number of amides is 2. The van der Waals surface area contributed by atoms with E-state index in [1.165, 1.54) is 0 Å². The van der Waals surface area contributed by atoms with Crippen LogP contribution in [0.2, 0.25) is 12.1 Å². The van der Waals surface area contributed by atoms with E-state index in [1.54, 1.807) is 0 Å². The average molecular weight is 661 g/mol. The second kappa shape index (κ2) is 20.3. The molecule has 0 aliphatic rings. The van der Waals surface area contributed by atoms with Crippen molar-refractivity contribution in [2.75, 3.05) is 52.7 Å². The van der Waals surface area contributed by atoms with Crippen molar-refractivity contribution < 1.29 is 55.9 Å². The number of aromatic carboxylic acids is 2. The van der Waals surface area contributed by atoms with E-state index in [0.717, 1.165) is 12.1 Å². The van der Waals surface area contributed by atoms with Crippen LogP contribution in [0.15, 0.2) is 12.1 Å². The van der Waals surface area contributed by atoms with E-state index in [2.05, 4.69) is 10.6 Å². The Balaban J connectivity index is 3.11. The first-order valence-corrected chi connectivity index (χ1v) is 18.9. The summed E-state index contributed by atoms with van der Waals surface area (Å²) in [6.07, 6.45) is 0.827. The van der Waals surface area contributed by atoms with Crippen LogP contribution >= 0.6 is 0 Å². The molecular formula is C28H48N2O12Si2. The van der Waals surface area contributed by atoms with E-state index < -0.39 is 52.5 Å². The lowest BCUT2D eigenvalue weighted by atomic mass is 9.97. The van der Waals surface area contributed by atoms with E-state index in [-0.39, 0.29) is 24.2 Å². The number of carbonyl (C=O) groups is 4. The van der Waals surface area contributed by atoms with E-state index >= 15 is 0 Å². The summed E-state index contributed by atoms with van der Waals surface area (Å²) in [6, 6.07) is 2.65. The molecule has 0 aliphatic heterocycles. The third-order valence-corrected chi connectivity index (χ3v) is 12.5. The van der Waals surface area contributed by atoms with Gasteiger partial charge in [0.25, 0.3) is 11.8 Å². The molecule has 4 N–H and O–H groups in total. The van der Waals surface area contributed by atoms with Gasteiger partial charge in [-0.15, -0.1) is 0 Å². The summed E-state index contributed by atoms with van der Waals surface area (Å²) in [5, 5.41) is 24.8. The molecule has 14 nitrogen and oxygen atoms in total. The van der Waals surface area contributed by atoms with Crippen LogP contribution in [0.3, 0.4) is 0 Å². The topological polar surface area (TPSA) is 188 Å². The Bertz CT molecular complexity index is 976. The molecule has 0 fully saturated rings. The molecule has 0 saturated carbocycles. The van der Waals surface area contributed by atoms with Crippen molar-refractivity contribution in [3.8, 4) is 0 Å². The van der Waals surface area contributed by atoms with Crippen LogP contribution in [-0.2, 0) is 26.6 Å². The molecule has 0 heterocycles. The Labute approximate surface area is 261 Å². The van der Waals surface area contributed by atoms with Gasteiger partial charge in [0.05, 0.1) is 22.3 Å². The Morgan fingerprint density at radius 2 is 0.818 bits per heavy atom. The molecule has 1 rings (SSSR count). The maximum Gasteiger partial charge on any atom is 0.500 e. The Morgan fingerprint density at radius 1 is 0.545 bits per heavy atom. The number of rotatable bonds is 24. The average Bonchev–Trinajstić information content (AvgIpc) is 2.97. The van der Waals surface area contributed by atoms with Gasteiger partial charge in [0.2, 0.25) is 0 Å². The summed E-state index contributed by atoms with van der Waals surface area (Å²) in [6.45, 7) is 13.7. The number of carboxylic acid groups (broad SMARTS) is 2. The number of hydrogen-bond donors (Lipinski definition) is 4. The molecule has 0 unspecified atom stereocenters. The minimum Gasteiger partial charge on any atom is -0.478 e. The summed E-state index contributed by atoms with van der Waals surface area (Å²) in [5.74, 6) is -4.56. The molecular weight excluding hydrogens is 612 g/mol. The highest BCUT2D eigenvalue weighted by Crippen LogP contribution is 2.21. The molecule has 2 amide bonds. The SMILES string of the molecule is CCO[Si](CCCNC(=O)c1cc(C(=O)NCCC[Si](OCC)(OCC)OCC)c(C(=O)O)cc1C(=O)O)(OCC)OCC. The van der Waals surface area contributed by atoms with Gasteiger partial charge in [0, 0.05) is 64.8 Å². The van der Waals surface area contributed by atoms with Gasteiger partial charge in [0.15, 0.2) is 0 Å². The van der Waals surface area contributed by atoms with Gasteiger partial charge in [0.1, 0.15) is 0 Å². The fourth-order valence-electron chi connectivity index (χ4n) is 4.54. The predicted molar refractivity (Wildman–Crippen MR) is 165 cm³/mol. The highest BCUT2D eigenvalue weighted by Gasteiger charge is 2.40. The molecule has 0 spiro atoms. The second-order valence-corrected chi connectivity index (χ2v) is 14.7. The maximum atomic E-state index is 13.1. The molecule has 0 aliphatic carbocycles. The molecule has 250 valence electrons. The first kappa shape index (κ1) is 39.3. The second-order valence-electron chi connectivity index (χ2n) is 9.24. The zero-order chi connectivity index (χ0) is 33.2. The Kier molecular flexibility index (Phi) is 18.2. The van der Waals surface area contributed by atoms with Gasteiger partial charge in [-0.2, -0.15) is 0 Å². The number of nitrogens with one attached hydrogen (secondary N) is 2. The van der Waals surface area contributed by atoms with Crippen LogP contribution in [-0.4, -0.2) is 104 Å². The fraction of sp³-hybridized carbons (Fsp3) is 0.643. The summed E-state index contributed by atoms with van der Waals surface area (Å²) >= 11 is 0. The predicted octanol–water partition coefficient (Wildman–Crippen LogP) is 3.42. The van der Waals surface area contributed by atoms with Crippen molar-refractivity contribution in [1.82, 2.24) is 10.6 Å². The van der Waals surface area contributed by atoms with Gasteiger partial charge in [-0.05, 0) is 66.5 Å². The monoisotopic (exact) mass is 660 g/mol. The first-order chi connectivity index (χ1) is 21.0. The molecule has 0 bridgehead atoms. The Hall–Kier alpha value is -2.71. The van der Waals surface area contributed by atoms with Crippen LogP contribution in [0.25, 0.3) is 0 Å². The third kappa shape index (κ3) is 12.0. The molecule has 0 aromatic heterocycles. The van der Waals surface area contributed by atoms with Gasteiger partial charge in [-0.25, -0.2) is 9.59 Å². The lowest BCUT2D eigenvalue weighted by molar-refractivity contribution is 0.0684. The van der Waals surface area contributed by atoms with E-state index in [0.29, 0.717) is 64.6 Å². The lowest BCUT2D eigenvalue weighted by Crippen LogP contribution is -2.46. The molecule has 44 heavy (non-hydrogen) atoms. The number of carbonyl (C=O) groups excluding carboxylic acids is 2. The van der Waals surface area contributed by atoms with Gasteiger partial charge in [-0.1, -0.05) is 0 Å². The van der Waals surface area contributed by atoms with Crippen molar-refractivity contribution in [1.29, 1.82) is 0 Å². The van der Waals surface area contributed by atoms with Crippen molar-refractivity contribution in [2.45, 2.75) is 66.5 Å². The van der Waals surface area contributed by atoms with Crippen LogP contribution in [0.4, 0.5) is 0 Å². The van der Waals surface area contributed by atoms with Crippen molar-refractivity contribution in [2.24, 2.45) is 0 Å². The van der Waals surface area contributed by atoms with Crippen molar-refractivity contribution in [3.05, 3.63) is 34.4 Å². The maximum absolute atomic E-state index is 13.1. The third-order valence-electron chi connectivity index (χ3n) is 6.18. The number of benzene rings is 1. The lowest BCUT2D eigenvalue weighted by Gasteiger charge is -2.28. The highest BCUT2D eigenvalue weighted by molar-refractivity contribution is 6.61. The molecule has 0 radical (unpaired) electrons. The summed E-state index contributed by atoms with van der Waals surface area (Å²) in [4.78, 5) is 50.2. The smallest absolute Gasteiger partial charge is 0.478 e. The van der Waals surface area contributed by atoms with E-state index in [9.17, 15) is 29.4 Å². The van der Waals surface area contributed by atoms with Gasteiger partial charge < -0.3 is 47.4 Å². The van der Waals surface area contributed by atoms with E-state index in [1.807, 2.05) is 41.5 Å². The zero-order valence-corrected chi connectivity index (χ0v) is 28.6. The molecule has 0 atom stereocenters. The summed E-state index contributed by atoms with van der Waals surface area (Å²) in [5.41, 5.74) is -1.77. The molecule has 1 aromatic rings. The van der Waals surface area contributed by atoms with Crippen molar-refractivity contribution >= 4 is 41.4 Å². The Morgan fingerprint density at radius 3 is 1.07 bits per heavy atom. The van der Waals surface area contributed by atoms with Crippen LogP contribution in [0.1, 0.15) is 95.8 Å².